The van der Waals surface area contributed by atoms with Crippen LogP contribution in [0.3, 0.4) is 0 Å². The summed E-state index contributed by atoms with van der Waals surface area (Å²) in [6, 6.07) is 21.8. The maximum Gasteiger partial charge on any atom is 0.212 e. The van der Waals surface area contributed by atoms with Crippen molar-refractivity contribution >= 4 is 32.7 Å². The Morgan fingerprint density at radius 1 is 0.900 bits per heavy atom. The molecule has 5 rings (SSSR count). The Morgan fingerprint density at radius 2 is 1.70 bits per heavy atom. The number of rotatable bonds is 2. The van der Waals surface area contributed by atoms with Gasteiger partial charge in [-0.15, -0.1) is 0 Å². The summed E-state index contributed by atoms with van der Waals surface area (Å²) >= 11 is 0. The molecule has 5 aromatic rings. The van der Waals surface area contributed by atoms with Gasteiger partial charge in [-0.2, -0.15) is 0 Å². The number of pyridine rings is 1. The third-order valence-corrected chi connectivity index (χ3v) is 6.00. The van der Waals surface area contributed by atoms with Gasteiger partial charge in [-0.3, -0.25) is 0 Å². The first-order chi connectivity index (χ1) is 14.3. The molecule has 0 N–H and O–H groups in total. The summed E-state index contributed by atoms with van der Waals surface area (Å²) < 4.78 is 8.60. The van der Waals surface area contributed by atoms with Crippen molar-refractivity contribution in [3.63, 3.8) is 0 Å². The van der Waals surface area contributed by atoms with E-state index in [4.69, 9.17) is 4.42 Å². The molecule has 2 aromatic heterocycles. The fraction of sp³-hybridized carbons (Fsp3) is 0.250. The van der Waals surface area contributed by atoms with E-state index in [9.17, 15) is 0 Å². The van der Waals surface area contributed by atoms with Crippen molar-refractivity contribution in [2.45, 2.75) is 34.1 Å². The number of fused-ring (bicyclic) bond motifs is 5. The Balaban J connectivity index is 1.74. The van der Waals surface area contributed by atoms with Crippen LogP contribution in [0.1, 0.15) is 31.9 Å². The molecule has 150 valence electrons. The maximum atomic E-state index is 6.39. The molecule has 30 heavy (non-hydrogen) atoms. The van der Waals surface area contributed by atoms with E-state index in [1.807, 2.05) is 0 Å². The van der Waals surface area contributed by atoms with Crippen LogP contribution in [0.2, 0.25) is 0 Å². The van der Waals surface area contributed by atoms with Gasteiger partial charge in [-0.05, 0) is 53.3 Å². The van der Waals surface area contributed by atoms with Crippen molar-refractivity contribution in [1.82, 2.24) is 0 Å². The number of furan rings is 1. The molecule has 0 amide bonds. The first-order valence-corrected chi connectivity index (χ1v) is 10.6. The van der Waals surface area contributed by atoms with Gasteiger partial charge >= 0.3 is 0 Å². The van der Waals surface area contributed by atoms with Crippen LogP contribution < -0.4 is 4.57 Å². The zero-order chi connectivity index (χ0) is 21.0. The van der Waals surface area contributed by atoms with Crippen molar-refractivity contribution in [3.05, 3.63) is 78.0 Å². The number of hydrogen-bond donors (Lipinski definition) is 0. The van der Waals surface area contributed by atoms with Gasteiger partial charge < -0.3 is 4.42 Å². The van der Waals surface area contributed by atoms with E-state index in [-0.39, 0.29) is 5.41 Å². The van der Waals surface area contributed by atoms with Gasteiger partial charge in [-0.1, -0.05) is 51.1 Å². The van der Waals surface area contributed by atoms with E-state index in [1.165, 1.54) is 43.9 Å². The van der Waals surface area contributed by atoms with Crippen molar-refractivity contribution < 1.29 is 8.98 Å². The lowest BCUT2D eigenvalue weighted by Gasteiger charge is -2.18. The zero-order valence-corrected chi connectivity index (χ0v) is 18.4. The van der Waals surface area contributed by atoms with Gasteiger partial charge in [0, 0.05) is 28.5 Å². The Morgan fingerprint density at radius 3 is 2.50 bits per heavy atom. The molecule has 0 aliphatic heterocycles. The van der Waals surface area contributed by atoms with Gasteiger partial charge in [0.1, 0.15) is 18.2 Å². The predicted octanol–water partition coefficient (Wildman–Crippen LogP) is 7.13. The van der Waals surface area contributed by atoms with E-state index in [0.29, 0.717) is 0 Å². The zero-order valence-electron chi connectivity index (χ0n) is 18.4. The minimum Gasteiger partial charge on any atom is -0.456 e. The van der Waals surface area contributed by atoms with Crippen molar-refractivity contribution in [2.75, 3.05) is 0 Å². The number of hydrogen-bond acceptors (Lipinski definition) is 1. The average molecular weight is 395 g/mol. The second-order valence-electron chi connectivity index (χ2n) is 9.65. The topological polar surface area (TPSA) is 17.0 Å². The summed E-state index contributed by atoms with van der Waals surface area (Å²) in [6.07, 6.45) is 3.23. The highest BCUT2D eigenvalue weighted by atomic mass is 16.3. The maximum absolute atomic E-state index is 6.39. The summed E-state index contributed by atoms with van der Waals surface area (Å²) in [5, 5.41) is 4.90. The van der Waals surface area contributed by atoms with Gasteiger partial charge in [0.2, 0.25) is 5.69 Å². The molecule has 0 unspecified atom stereocenters. The monoisotopic (exact) mass is 394 g/mol. The number of aromatic nitrogens is 1. The molecule has 0 bridgehead atoms. The van der Waals surface area contributed by atoms with Crippen LogP contribution in [0.4, 0.5) is 0 Å². The average Bonchev–Trinajstić information content (AvgIpc) is 3.09. The van der Waals surface area contributed by atoms with Crippen molar-refractivity contribution in [2.24, 2.45) is 12.5 Å². The first-order valence-electron chi connectivity index (χ1n) is 10.6. The Labute approximate surface area is 177 Å². The standard InChI is InChI=1S/C28H28NO/c1-18-21(24-16-19(14-15-29(24)5)17-28(2,3)4)11-12-23-26-22-9-7-6-8-20(22)10-13-25(26)30-27(18)23/h6-16H,17H2,1-5H3/q+1. The second kappa shape index (κ2) is 6.70. The quantitative estimate of drug-likeness (QED) is 0.291. The minimum atomic E-state index is 0.260. The molecule has 2 heteroatoms. The normalized spacial score (nSPS) is 12.3. The van der Waals surface area contributed by atoms with Crippen LogP contribution >= 0.6 is 0 Å². The van der Waals surface area contributed by atoms with Gasteiger partial charge in [0.25, 0.3) is 0 Å². The minimum absolute atomic E-state index is 0.260. The number of aryl methyl sites for hydroxylation is 2. The van der Waals surface area contributed by atoms with E-state index < -0.39 is 0 Å². The Kier molecular flexibility index (Phi) is 4.21. The molecule has 0 saturated carbocycles. The van der Waals surface area contributed by atoms with Crippen LogP contribution in [-0.4, -0.2) is 0 Å². The summed E-state index contributed by atoms with van der Waals surface area (Å²) in [5.74, 6) is 0. The molecule has 0 saturated heterocycles. The van der Waals surface area contributed by atoms with Crippen LogP contribution in [0, 0.1) is 12.3 Å². The highest BCUT2D eigenvalue weighted by Gasteiger charge is 2.20. The van der Waals surface area contributed by atoms with Gasteiger partial charge in [-0.25, -0.2) is 4.57 Å². The molecule has 0 aliphatic rings. The third kappa shape index (κ3) is 3.08. The summed E-state index contributed by atoms with van der Waals surface area (Å²) in [6.45, 7) is 9.04. The largest absolute Gasteiger partial charge is 0.456 e. The molecule has 0 spiro atoms. The molecular weight excluding hydrogens is 366 g/mol. The SMILES string of the molecule is Cc1c(-c2cc(CC(C)(C)C)cc[n+]2C)ccc2c1oc1ccc3ccccc3c12. The predicted molar refractivity (Wildman–Crippen MR) is 126 cm³/mol. The molecule has 0 fully saturated rings. The van der Waals surface area contributed by atoms with E-state index >= 15 is 0 Å². The molecule has 3 aromatic carbocycles. The lowest BCUT2D eigenvalue weighted by atomic mass is 9.88. The van der Waals surface area contributed by atoms with Gasteiger partial charge in [0.05, 0.1) is 5.56 Å². The highest BCUT2D eigenvalue weighted by Crippen LogP contribution is 2.38. The fourth-order valence-corrected chi connectivity index (χ4v) is 4.63. The van der Waals surface area contributed by atoms with Crippen molar-refractivity contribution in [3.8, 4) is 11.3 Å². The van der Waals surface area contributed by atoms with E-state index in [1.54, 1.807) is 0 Å². The number of nitrogens with zero attached hydrogens (tertiary/aromatic N) is 1. The highest BCUT2D eigenvalue weighted by molar-refractivity contribution is 6.19. The fourth-order valence-electron chi connectivity index (χ4n) is 4.63. The summed E-state index contributed by atoms with van der Waals surface area (Å²) in [4.78, 5) is 0. The summed E-state index contributed by atoms with van der Waals surface area (Å²) in [5.41, 5.74) is 7.21. The molecule has 0 radical (unpaired) electrons. The van der Waals surface area contributed by atoms with E-state index in [2.05, 4.69) is 106 Å². The Hall–Kier alpha value is -3.13. The van der Waals surface area contributed by atoms with Crippen LogP contribution in [0.25, 0.3) is 44.0 Å². The van der Waals surface area contributed by atoms with Crippen LogP contribution in [0.15, 0.2) is 71.3 Å². The molecule has 0 atom stereocenters. The number of benzene rings is 3. The first kappa shape index (κ1) is 18.9. The van der Waals surface area contributed by atoms with Crippen molar-refractivity contribution in [1.29, 1.82) is 0 Å². The lowest BCUT2D eigenvalue weighted by Crippen LogP contribution is -2.31. The molecular formula is C28H28NO+. The van der Waals surface area contributed by atoms with Crippen LogP contribution in [-0.2, 0) is 13.5 Å². The Bertz CT molecular complexity index is 1420. The second-order valence-corrected chi connectivity index (χ2v) is 9.65. The smallest absolute Gasteiger partial charge is 0.212 e. The third-order valence-electron chi connectivity index (χ3n) is 6.00. The van der Waals surface area contributed by atoms with Gasteiger partial charge in [0.15, 0.2) is 6.20 Å². The molecule has 2 nitrogen and oxygen atoms in total. The van der Waals surface area contributed by atoms with E-state index in [0.717, 1.165) is 17.6 Å². The lowest BCUT2D eigenvalue weighted by molar-refractivity contribution is -0.660. The van der Waals surface area contributed by atoms with Crippen LogP contribution in [0.5, 0.6) is 0 Å². The molecule has 2 heterocycles. The summed E-state index contributed by atoms with van der Waals surface area (Å²) in [7, 11) is 2.12. The molecule has 0 aliphatic carbocycles.